The Morgan fingerprint density at radius 2 is 2.05 bits per heavy atom. The lowest BCUT2D eigenvalue weighted by Crippen LogP contribution is -2.13. The number of amides is 1. The second-order valence-electron chi connectivity index (χ2n) is 4.18. The van der Waals surface area contributed by atoms with Gasteiger partial charge in [0.2, 0.25) is 0 Å². The van der Waals surface area contributed by atoms with Gasteiger partial charge in [-0.2, -0.15) is 0 Å². The lowest BCUT2D eigenvalue weighted by Gasteiger charge is -2.05. The van der Waals surface area contributed by atoms with E-state index >= 15 is 0 Å². The molecule has 1 aromatic carbocycles. The summed E-state index contributed by atoms with van der Waals surface area (Å²) in [5.41, 5.74) is 1.03. The quantitative estimate of drug-likeness (QED) is 0.901. The molecule has 1 amide bonds. The number of carbonyl (C=O) groups is 2. The Morgan fingerprint density at radius 3 is 2.60 bits per heavy atom. The minimum absolute atomic E-state index is 0.0840. The highest BCUT2D eigenvalue weighted by Crippen LogP contribution is 2.15. The molecule has 20 heavy (non-hydrogen) atoms. The molecule has 1 heterocycles. The van der Waals surface area contributed by atoms with Crippen LogP contribution in [0.2, 0.25) is 0 Å². The zero-order valence-corrected chi connectivity index (χ0v) is 11.7. The minimum atomic E-state index is -1.07. The van der Waals surface area contributed by atoms with Gasteiger partial charge in [0.1, 0.15) is 4.88 Å². The molecular weight excluding hydrogens is 280 g/mol. The number of hydrogen-bond acceptors (Lipinski definition) is 4. The Labute approximate surface area is 118 Å². The van der Waals surface area contributed by atoms with E-state index in [1.807, 2.05) is 0 Å². The number of aromatic carboxylic acids is 1. The first kappa shape index (κ1) is 14.0. The molecule has 0 radical (unpaired) electrons. The molecule has 0 atom stereocenters. The maximum atomic E-state index is 12.1. The van der Waals surface area contributed by atoms with Gasteiger partial charge in [-0.25, -0.2) is 4.79 Å². The number of nitrogens with zero attached hydrogens (tertiary/aromatic N) is 1. The van der Waals surface area contributed by atoms with Crippen molar-refractivity contribution in [1.29, 1.82) is 0 Å². The highest BCUT2D eigenvalue weighted by molar-refractivity contribution is 7.11. The molecule has 7 heteroatoms. The second-order valence-corrected chi connectivity index (χ2v) is 5.14. The standard InChI is InChI=1S/C13H12N2O4S/c1-7-10(20-13(19)15(7)2)11(16)14-9-5-3-4-8(6-9)12(17)18/h3-6H,1-2H3,(H,14,16)(H,17,18). The molecule has 0 spiro atoms. The van der Waals surface area contributed by atoms with Crippen LogP contribution in [0.5, 0.6) is 0 Å². The average molecular weight is 292 g/mol. The summed E-state index contributed by atoms with van der Waals surface area (Å²) in [4.78, 5) is 34.5. The molecule has 0 saturated heterocycles. The Morgan fingerprint density at radius 1 is 1.35 bits per heavy atom. The Hall–Kier alpha value is -2.41. The smallest absolute Gasteiger partial charge is 0.335 e. The van der Waals surface area contributed by atoms with Crippen molar-refractivity contribution in [3.8, 4) is 0 Å². The molecule has 0 saturated carbocycles. The molecule has 0 bridgehead atoms. The first-order chi connectivity index (χ1) is 9.40. The van der Waals surface area contributed by atoms with Gasteiger partial charge >= 0.3 is 10.8 Å². The first-order valence-corrected chi connectivity index (χ1v) is 6.53. The highest BCUT2D eigenvalue weighted by atomic mass is 32.1. The molecular formula is C13H12N2O4S. The van der Waals surface area contributed by atoms with Crippen LogP contribution in [0.4, 0.5) is 5.69 Å². The predicted molar refractivity (Wildman–Crippen MR) is 75.7 cm³/mol. The number of rotatable bonds is 3. The number of carbonyl (C=O) groups excluding carboxylic acids is 1. The summed E-state index contributed by atoms with van der Waals surface area (Å²) in [6, 6.07) is 5.93. The zero-order chi connectivity index (χ0) is 14.9. The number of thiazole rings is 1. The van der Waals surface area contributed by atoms with Gasteiger partial charge < -0.3 is 15.0 Å². The summed E-state index contributed by atoms with van der Waals surface area (Å²) in [7, 11) is 1.59. The average Bonchev–Trinajstić information content (AvgIpc) is 2.67. The molecule has 6 nitrogen and oxygen atoms in total. The Kier molecular flexibility index (Phi) is 3.71. The van der Waals surface area contributed by atoms with Crippen molar-refractivity contribution in [1.82, 2.24) is 4.57 Å². The van der Waals surface area contributed by atoms with Gasteiger partial charge in [-0.3, -0.25) is 9.59 Å². The number of anilines is 1. The van der Waals surface area contributed by atoms with Gasteiger partial charge in [-0.15, -0.1) is 0 Å². The van der Waals surface area contributed by atoms with Crippen molar-refractivity contribution in [3.63, 3.8) is 0 Å². The van der Waals surface area contributed by atoms with Crippen molar-refractivity contribution in [2.24, 2.45) is 7.05 Å². The van der Waals surface area contributed by atoms with Crippen LogP contribution in [0, 0.1) is 6.92 Å². The number of carboxylic acid groups (broad SMARTS) is 1. The van der Waals surface area contributed by atoms with E-state index in [0.29, 0.717) is 16.3 Å². The molecule has 2 rings (SSSR count). The van der Waals surface area contributed by atoms with E-state index in [9.17, 15) is 14.4 Å². The first-order valence-electron chi connectivity index (χ1n) is 5.71. The Balaban J connectivity index is 2.28. The largest absolute Gasteiger partial charge is 0.478 e. The molecule has 2 aromatic rings. The molecule has 1 aromatic heterocycles. The number of benzene rings is 1. The van der Waals surface area contributed by atoms with Crippen molar-refractivity contribution in [3.05, 3.63) is 50.1 Å². The van der Waals surface area contributed by atoms with Crippen LogP contribution in [-0.4, -0.2) is 21.6 Å². The van der Waals surface area contributed by atoms with E-state index in [4.69, 9.17) is 5.11 Å². The summed E-state index contributed by atoms with van der Waals surface area (Å²) < 4.78 is 1.40. The molecule has 104 valence electrons. The zero-order valence-electron chi connectivity index (χ0n) is 10.8. The fourth-order valence-corrected chi connectivity index (χ4v) is 2.52. The van der Waals surface area contributed by atoms with Crippen molar-refractivity contribution >= 4 is 28.9 Å². The van der Waals surface area contributed by atoms with Crippen LogP contribution >= 0.6 is 11.3 Å². The number of aromatic nitrogens is 1. The monoisotopic (exact) mass is 292 g/mol. The van der Waals surface area contributed by atoms with Crippen LogP contribution in [0.15, 0.2) is 29.1 Å². The van der Waals surface area contributed by atoms with Crippen molar-refractivity contribution in [2.75, 3.05) is 5.32 Å². The van der Waals surface area contributed by atoms with Gasteiger partial charge in [-0.05, 0) is 25.1 Å². The molecule has 2 N–H and O–H groups in total. The van der Waals surface area contributed by atoms with E-state index in [1.165, 1.54) is 16.7 Å². The maximum absolute atomic E-state index is 12.1. The molecule has 0 unspecified atom stereocenters. The summed E-state index contributed by atoms with van der Waals surface area (Å²) in [6.45, 7) is 1.68. The normalized spacial score (nSPS) is 10.3. The van der Waals surface area contributed by atoms with E-state index in [-0.39, 0.29) is 10.4 Å². The van der Waals surface area contributed by atoms with Crippen molar-refractivity contribution in [2.45, 2.75) is 6.92 Å². The lowest BCUT2D eigenvalue weighted by molar-refractivity contribution is 0.0696. The minimum Gasteiger partial charge on any atom is -0.478 e. The van der Waals surface area contributed by atoms with Gasteiger partial charge in [0.25, 0.3) is 5.91 Å². The third-order valence-corrected chi connectivity index (χ3v) is 4.00. The third kappa shape index (κ3) is 2.62. The van der Waals surface area contributed by atoms with Crippen LogP contribution in [0.3, 0.4) is 0 Å². The Bertz CT molecular complexity index is 745. The number of hydrogen-bond donors (Lipinski definition) is 2. The number of carboxylic acids is 1. The predicted octanol–water partition coefficient (Wildman–Crippen LogP) is 1.71. The topological polar surface area (TPSA) is 88.4 Å². The van der Waals surface area contributed by atoms with Gasteiger partial charge in [0.15, 0.2) is 0 Å². The maximum Gasteiger partial charge on any atom is 0.335 e. The van der Waals surface area contributed by atoms with Gasteiger partial charge in [0, 0.05) is 18.4 Å². The molecule has 0 aliphatic rings. The van der Waals surface area contributed by atoms with Gasteiger partial charge in [-0.1, -0.05) is 17.4 Å². The summed E-state index contributed by atoms with van der Waals surface area (Å²) in [6.07, 6.45) is 0. The third-order valence-electron chi connectivity index (χ3n) is 2.87. The summed E-state index contributed by atoms with van der Waals surface area (Å²) >= 11 is 0.858. The van der Waals surface area contributed by atoms with E-state index in [2.05, 4.69) is 5.32 Å². The van der Waals surface area contributed by atoms with Crippen molar-refractivity contribution < 1.29 is 14.7 Å². The summed E-state index contributed by atoms with van der Waals surface area (Å²) in [5.74, 6) is -1.49. The van der Waals surface area contributed by atoms with Crippen LogP contribution in [0.1, 0.15) is 25.7 Å². The second kappa shape index (κ2) is 5.30. The highest BCUT2D eigenvalue weighted by Gasteiger charge is 2.16. The fourth-order valence-electron chi connectivity index (χ4n) is 1.65. The summed E-state index contributed by atoms with van der Waals surface area (Å²) in [5, 5.41) is 11.5. The fraction of sp³-hybridized carbons (Fsp3) is 0.154. The molecule has 0 aliphatic carbocycles. The van der Waals surface area contributed by atoms with Crippen LogP contribution < -0.4 is 10.2 Å². The SMILES string of the molecule is Cc1c(C(=O)Nc2cccc(C(=O)O)c2)sc(=O)n1C. The van der Waals surface area contributed by atoms with Crippen LogP contribution in [-0.2, 0) is 7.05 Å². The lowest BCUT2D eigenvalue weighted by atomic mass is 10.2. The number of nitrogens with one attached hydrogen (secondary N) is 1. The van der Waals surface area contributed by atoms with E-state index < -0.39 is 11.9 Å². The molecule has 0 aliphatic heterocycles. The van der Waals surface area contributed by atoms with E-state index in [1.54, 1.807) is 26.1 Å². The van der Waals surface area contributed by atoms with Gasteiger partial charge in [0.05, 0.1) is 5.56 Å². The molecule has 0 fully saturated rings. The van der Waals surface area contributed by atoms with Crippen LogP contribution in [0.25, 0.3) is 0 Å². The van der Waals surface area contributed by atoms with E-state index in [0.717, 1.165) is 11.3 Å².